The van der Waals surface area contributed by atoms with Crippen LogP contribution < -0.4 is 10.1 Å². The Bertz CT molecular complexity index is 1010. The number of nitrogens with one attached hydrogen (secondary N) is 1. The molecular weight excluding hydrogens is 454 g/mol. The molecule has 34 heavy (non-hydrogen) atoms. The summed E-state index contributed by atoms with van der Waals surface area (Å²) in [5, 5.41) is 12.7. The Balaban J connectivity index is 0.000000945. The fraction of sp³-hybridized carbons (Fsp3) is 0.400. The summed E-state index contributed by atoms with van der Waals surface area (Å²) in [6.45, 7) is 11.6. The van der Waals surface area contributed by atoms with E-state index in [2.05, 4.69) is 31.6 Å². The molecule has 0 aliphatic carbocycles. The van der Waals surface area contributed by atoms with Crippen molar-refractivity contribution >= 4 is 41.9 Å². The second kappa shape index (κ2) is 15.1. The van der Waals surface area contributed by atoms with Gasteiger partial charge in [-0.15, -0.1) is 0 Å². The van der Waals surface area contributed by atoms with E-state index >= 15 is 0 Å². The summed E-state index contributed by atoms with van der Waals surface area (Å²) in [4.78, 5) is 12.3. The molecular formula is C25H34ClN5O3. The highest BCUT2D eigenvalue weighted by atomic mass is 35.5. The molecule has 0 saturated heterocycles. The first kappa shape index (κ1) is 27.3. The number of aliphatic hydroxyl groups is 1. The van der Waals surface area contributed by atoms with Crippen LogP contribution in [0, 0.1) is 0 Å². The van der Waals surface area contributed by atoms with Crippen molar-refractivity contribution in [2.24, 2.45) is 15.0 Å². The fourth-order valence-corrected chi connectivity index (χ4v) is 3.31. The number of hydrogen-bond donors (Lipinski definition) is 2. The molecule has 1 aromatic carbocycles. The summed E-state index contributed by atoms with van der Waals surface area (Å²) in [6.07, 6.45) is 6.87. The van der Waals surface area contributed by atoms with Crippen LogP contribution in [0.25, 0.3) is 0 Å². The van der Waals surface area contributed by atoms with Gasteiger partial charge in [-0.05, 0) is 50.9 Å². The Morgan fingerprint density at radius 2 is 2.12 bits per heavy atom. The van der Waals surface area contributed by atoms with Gasteiger partial charge in [-0.25, -0.2) is 9.98 Å². The number of benzene rings is 1. The van der Waals surface area contributed by atoms with Crippen LogP contribution in [0.5, 0.6) is 5.75 Å². The quantitative estimate of drug-likeness (QED) is 0.271. The molecule has 0 bridgehead atoms. The average molecular weight is 488 g/mol. The summed E-state index contributed by atoms with van der Waals surface area (Å²) in [6, 6.07) is 7.55. The van der Waals surface area contributed by atoms with Gasteiger partial charge in [0.15, 0.2) is 0 Å². The lowest BCUT2D eigenvalue weighted by Gasteiger charge is -2.14. The van der Waals surface area contributed by atoms with E-state index in [0.717, 1.165) is 41.6 Å². The van der Waals surface area contributed by atoms with Crippen LogP contribution in [-0.4, -0.2) is 54.9 Å². The number of aliphatic hydroxyl groups excluding tert-OH is 1. The smallest absolute Gasteiger partial charge is 0.145 e. The highest BCUT2D eigenvalue weighted by Gasteiger charge is 2.15. The number of fused-ring (bicyclic) bond motifs is 1. The normalized spacial score (nSPS) is 12.7. The van der Waals surface area contributed by atoms with Gasteiger partial charge in [0, 0.05) is 37.8 Å². The number of anilines is 1. The average Bonchev–Trinajstić information content (AvgIpc) is 3.10. The van der Waals surface area contributed by atoms with Crippen LogP contribution in [0.2, 0.25) is 5.02 Å². The van der Waals surface area contributed by atoms with Gasteiger partial charge >= 0.3 is 0 Å². The maximum Gasteiger partial charge on any atom is 0.145 e. The second-order valence-corrected chi connectivity index (χ2v) is 7.60. The molecule has 0 spiro atoms. The van der Waals surface area contributed by atoms with Crippen LogP contribution in [0.1, 0.15) is 32.9 Å². The first-order valence-electron chi connectivity index (χ1n) is 11.3. The molecule has 0 unspecified atom stereocenters. The monoisotopic (exact) mass is 487 g/mol. The number of halogens is 1. The fourth-order valence-electron chi connectivity index (χ4n) is 3.09. The third kappa shape index (κ3) is 8.44. The largest absolute Gasteiger partial charge is 0.461 e. The number of nitrogens with zero attached hydrogens (tertiary/aromatic N) is 4. The summed E-state index contributed by atoms with van der Waals surface area (Å²) in [7, 11) is 0. The van der Waals surface area contributed by atoms with Gasteiger partial charge in [0.05, 0.1) is 42.0 Å². The molecule has 2 heterocycles. The molecule has 0 fully saturated rings. The molecule has 1 aliphatic heterocycles. The lowest BCUT2D eigenvalue weighted by Crippen LogP contribution is -2.18. The molecule has 0 radical (unpaired) electrons. The first-order chi connectivity index (χ1) is 16.6. The Morgan fingerprint density at radius 3 is 2.76 bits per heavy atom. The predicted molar refractivity (Wildman–Crippen MR) is 141 cm³/mol. The maximum absolute atomic E-state index is 8.84. The summed E-state index contributed by atoms with van der Waals surface area (Å²) in [5.41, 5.74) is 2.76. The van der Waals surface area contributed by atoms with Gasteiger partial charge in [-0.2, -0.15) is 0 Å². The maximum atomic E-state index is 8.84. The molecule has 8 nitrogen and oxygen atoms in total. The molecule has 9 heteroatoms. The highest BCUT2D eigenvalue weighted by Crippen LogP contribution is 2.30. The minimum atomic E-state index is 0.0235. The van der Waals surface area contributed by atoms with Gasteiger partial charge < -0.3 is 29.5 Å². The molecule has 2 aromatic rings. The molecule has 1 aliphatic rings. The van der Waals surface area contributed by atoms with E-state index in [9.17, 15) is 0 Å². The van der Waals surface area contributed by atoms with Gasteiger partial charge in [0.2, 0.25) is 0 Å². The number of ether oxygens (including phenoxy) is 2. The number of rotatable bonds is 10. The van der Waals surface area contributed by atoms with Crippen molar-refractivity contribution in [3.8, 4) is 5.75 Å². The lowest BCUT2D eigenvalue weighted by molar-refractivity contribution is 0.0868. The highest BCUT2D eigenvalue weighted by molar-refractivity contribution is 6.32. The zero-order valence-electron chi connectivity index (χ0n) is 20.1. The zero-order chi connectivity index (χ0) is 24.8. The van der Waals surface area contributed by atoms with Crippen molar-refractivity contribution in [3.05, 3.63) is 53.0 Å². The third-order valence-electron chi connectivity index (χ3n) is 4.87. The van der Waals surface area contributed by atoms with E-state index in [4.69, 9.17) is 26.2 Å². The number of allylic oxidation sites excluding steroid dienone is 2. The van der Waals surface area contributed by atoms with Crippen molar-refractivity contribution in [2.45, 2.75) is 40.2 Å². The molecule has 1 aromatic heterocycles. The third-order valence-corrected chi connectivity index (χ3v) is 5.16. The summed E-state index contributed by atoms with van der Waals surface area (Å²) >= 11 is 6.41. The van der Waals surface area contributed by atoms with Crippen molar-refractivity contribution in [2.75, 3.05) is 31.7 Å². The van der Waals surface area contributed by atoms with Crippen molar-refractivity contribution < 1.29 is 14.6 Å². The van der Waals surface area contributed by atoms with Crippen molar-refractivity contribution in [1.82, 2.24) is 4.57 Å². The Morgan fingerprint density at radius 1 is 1.32 bits per heavy atom. The van der Waals surface area contributed by atoms with E-state index in [1.165, 1.54) is 0 Å². The minimum absolute atomic E-state index is 0.0235. The minimum Gasteiger partial charge on any atom is -0.461 e. The summed E-state index contributed by atoms with van der Waals surface area (Å²) in [5.74, 6) is 2.26. The second-order valence-electron chi connectivity index (χ2n) is 7.19. The number of hydrogen-bond acceptors (Lipinski definition) is 7. The zero-order valence-corrected chi connectivity index (χ0v) is 20.9. The molecule has 3 rings (SSSR count). The topological polar surface area (TPSA) is 92.7 Å². The number of aromatic nitrogens is 1. The SMILES string of the molecule is C/C=C(\CC)Oc1ccc(NC2=NC=Nc3ccn(CCOCCO)c3C2)cc1Cl.C=NCC. The van der Waals surface area contributed by atoms with Gasteiger partial charge in [-0.1, -0.05) is 18.5 Å². The number of aliphatic imine (C=N–C) groups is 3. The van der Waals surface area contributed by atoms with Crippen LogP contribution in [0.3, 0.4) is 0 Å². The first-order valence-corrected chi connectivity index (χ1v) is 11.7. The molecule has 184 valence electrons. The lowest BCUT2D eigenvalue weighted by atomic mass is 10.2. The van der Waals surface area contributed by atoms with E-state index in [1.54, 1.807) is 6.34 Å². The van der Waals surface area contributed by atoms with Gasteiger partial charge in [0.1, 0.15) is 17.9 Å². The van der Waals surface area contributed by atoms with E-state index in [1.807, 2.05) is 57.3 Å². The summed E-state index contributed by atoms with van der Waals surface area (Å²) < 4.78 is 13.3. The van der Waals surface area contributed by atoms with Crippen molar-refractivity contribution in [3.63, 3.8) is 0 Å². The Kier molecular flexibility index (Phi) is 12.1. The van der Waals surface area contributed by atoms with Gasteiger partial charge in [0.25, 0.3) is 0 Å². The Hall–Kier alpha value is -2.94. The van der Waals surface area contributed by atoms with Crippen molar-refractivity contribution in [1.29, 1.82) is 0 Å². The van der Waals surface area contributed by atoms with E-state index in [0.29, 0.717) is 37.0 Å². The van der Waals surface area contributed by atoms with Crippen LogP contribution in [0.15, 0.2) is 57.3 Å². The molecule has 0 amide bonds. The van der Waals surface area contributed by atoms with Crippen LogP contribution in [-0.2, 0) is 17.7 Å². The molecule has 0 saturated carbocycles. The number of amidine groups is 1. The molecule has 2 N–H and O–H groups in total. The Labute approximate surface area is 206 Å². The van der Waals surface area contributed by atoms with Crippen LogP contribution >= 0.6 is 11.6 Å². The standard InChI is InChI=1S/C22H27ClN4O3.C3H7N/c1-3-17(4-2)30-21-6-5-16(13-18(21)23)26-22-14-20-19(24-15-25-22)7-8-27(20)9-11-29-12-10-28;1-3-4-2/h3,5-8,13,15,28H,4,9-12,14H2,1-2H3,(H,24,25,26);2-3H2,1H3/b17-3+;. The molecule has 0 atom stereocenters. The predicted octanol–water partition coefficient (Wildman–Crippen LogP) is 5.28. The van der Waals surface area contributed by atoms with Crippen LogP contribution in [0.4, 0.5) is 11.4 Å². The van der Waals surface area contributed by atoms with E-state index in [-0.39, 0.29) is 6.61 Å². The van der Waals surface area contributed by atoms with Gasteiger partial charge in [-0.3, -0.25) is 0 Å². The van der Waals surface area contributed by atoms with E-state index < -0.39 is 0 Å².